The third kappa shape index (κ3) is 2.40. The lowest BCUT2D eigenvalue weighted by Crippen LogP contribution is -2.34. The molecule has 1 fully saturated rings. The summed E-state index contributed by atoms with van der Waals surface area (Å²) in [5.74, 6) is 2.01. The molecule has 0 bridgehead atoms. The minimum absolute atomic E-state index is 0.403. The van der Waals surface area contributed by atoms with E-state index in [0.29, 0.717) is 12.0 Å². The van der Waals surface area contributed by atoms with Crippen LogP contribution in [0, 0.1) is 0 Å². The van der Waals surface area contributed by atoms with Gasteiger partial charge in [0.2, 0.25) is 0 Å². The normalized spacial score (nSPS) is 23.2. The van der Waals surface area contributed by atoms with E-state index in [2.05, 4.69) is 41.3 Å². The van der Waals surface area contributed by atoms with Crippen molar-refractivity contribution in [3.8, 4) is 11.5 Å². The summed E-state index contributed by atoms with van der Waals surface area (Å²) < 4.78 is 10.9. The minimum Gasteiger partial charge on any atom is -0.493 e. The van der Waals surface area contributed by atoms with Crippen LogP contribution in [0.15, 0.2) is 42.5 Å². The van der Waals surface area contributed by atoms with Crippen LogP contribution in [0.4, 0.5) is 0 Å². The Kier molecular flexibility index (Phi) is 3.74. The Morgan fingerprint density at radius 3 is 2.52 bits per heavy atom. The molecule has 0 amide bonds. The molecule has 2 heterocycles. The zero-order valence-corrected chi connectivity index (χ0v) is 13.8. The van der Waals surface area contributed by atoms with E-state index in [0.717, 1.165) is 18.0 Å². The SMILES string of the molecule is COc1ccc(C2CN3CCC[C@H]3c3ccccc32)cc1OC. The molecule has 3 nitrogen and oxygen atoms in total. The highest BCUT2D eigenvalue weighted by Crippen LogP contribution is 2.45. The zero-order valence-electron chi connectivity index (χ0n) is 13.8. The molecule has 2 aliphatic heterocycles. The number of hydrogen-bond acceptors (Lipinski definition) is 3. The summed E-state index contributed by atoms with van der Waals surface area (Å²) in [4.78, 5) is 2.64. The smallest absolute Gasteiger partial charge is 0.161 e. The Morgan fingerprint density at radius 2 is 1.74 bits per heavy atom. The first-order valence-electron chi connectivity index (χ1n) is 8.36. The Bertz CT molecular complexity index is 713. The van der Waals surface area contributed by atoms with Crippen LogP contribution in [0.5, 0.6) is 11.5 Å². The molecule has 1 saturated heterocycles. The van der Waals surface area contributed by atoms with E-state index in [1.165, 1.54) is 36.1 Å². The molecule has 2 aliphatic rings. The summed E-state index contributed by atoms with van der Waals surface area (Å²) in [6.45, 7) is 2.31. The van der Waals surface area contributed by atoms with Gasteiger partial charge in [-0.15, -0.1) is 0 Å². The van der Waals surface area contributed by atoms with Gasteiger partial charge in [0.15, 0.2) is 11.5 Å². The van der Waals surface area contributed by atoms with Crippen molar-refractivity contribution < 1.29 is 9.47 Å². The summed E-state index contributed by atoms with van der Waals surface area (Å²) in [7, 11) is 3.38. The lowest BCUT2D eigenvalue weighted by Gasteiger charge is -2.37. The van der Waals surface area contributed by atoms with Crippen molar-refractivity contribution in [2.24, 2.45) is 0 Å². The van der Waals surface area contributed by atoms with Crippen LogP contribution >= 0.6 is 0 Å². The molecule has 1 unspecified atom stereocenters. The topological polar surface area (TPSA) is 21.7 Å². The predicted molar refractivity (Wildman–Crippen MR) is 91.4 cm³/mol. The van der Waals surface area contributed by atoms with E-state index >= 15 is 0 Å². The number of ether oxygens (including phenoxy) is 2. The van der Waals surface area contributed by atoms with Gasteiger partial charge in [-0.3, -0.25) is 4.90 Å². The van der Waals surface area contributed by atoms with Gasteiger partial charge in [-0.05, 0) is 48.2 Å². The molecule has 2 atom stereocenters. The highest BCUT2D eigenvalue weighted by molar-refractivity contribution is 5.49. The maximum atomic E-state index is 5.50. The average Bonchev–Trinajstić information content (AvgIpc) is 3.09. The Balaban J connectivity index is 1.78. The summed E-state index contributed by atoms with van der Waals surface area (Å²) in [6, 6.07) is 15.9. The zero-order chi connectivity index (χ0) is 15.8. The van der Waals surface area contributed by atoms with E-state index < -0.39 is 0 Å². The number of hydrogen-bond donors (Lipinski definition) is 0. The van der Waals surface area contributed by atoms with Gasteiger partial charge in [0.25, 0.3) is 0 Å². The quantitative estimate of drug-likeness (QED) is 0.856. The van der Waals surface area contributed by atoms with Crippen molar-refractivity contribution in [3.05, 3.63) is 59.2 Å². The van der Waals surface area contributed by atoms with Crippen LogP contribution in [0.1, 0.15) is 41.5 Å². The van der Waals surface area contributed by atoms with Crippen molar-refractivity contribution in [2.75, 3.05) is 27.3 Å². The van der Waals surface area contributed by atoms with Crippen molar-refractivity contribution in [1.82, 2.24) is 4.90 Å². The first kappa shape index (κ1) is 14.6. The van der Waals surface area contributed by atoms with Gasteiger partial charge >= 0.3 is 0 Å². The molecular weight excluding hydrogens is 286 g/mol. The van der Waals surface area contributed by atoms with Gasteiger partial charge < -0.3 is 9.47 Å². The van der Waals surface area contributed by atoms with Crippen molar-refractivity contribution in [1.29, 1.82) is 0 Å². The molecule has 0 spiro atoms. The van der Waals surface area contributed by atoms with Gasteiger partial charge in [0, 0.05) is 18.5 Å². The maximum absolute atomic E-state index is 5.50. The second-order valence-electron chi connectivity index (χ2n) is 6.45. The van der Waals surface area contributed by atoms with E-state index in [-0.39, 0.29) is 0 Å². The van der Waals surface area contributed by atoms with Gasteiger partial charge in [0.1, 0.15) is 0 Å². The van der Waals surface area contributed by atoms with Gasteiger partial charge in [0.05, 0.1) is 14.2 Å². The molecule has 0 aromatic heterocycles. The minimum atomic E-state index is 0.403. The maximum Gasteiger partial charge on any atom is 0.161 e. The first-order chi connectivity index (χ1) is 11.3. The van der Waals surface area contributed by atoms with E-state index in [9.17, 15) is 0 Å². The molecule has 3 heteroatoms. The van der Waals surface area contributed by atoms with Crippen LogP contribution in [0.25, 0.3) is 0 Å². The average molecular weight is 309 g/mol. The molecule has 0 aliphatic carbocycles. The van der Waals surface area contributed by atoms with Crippen molar-refractivity contribution in [2.45, 2.75) is 24.8 Å². The number of benzene rings is 2. The summed E-state index contributed by atoms with van der Waals surface area (Å²) in [5, 5.41) is 0. The fraction of sp³-hybridized carbons (Fsp3) is 0.400. The molecular formula is C20H23NO2. The molecule has 2 aromatic carbocycles. The molecule has 4 rings (SSSR count). The fourth-order valence-electron chi connectivity index (χ4n) is 4.22. The molecule has 2 aromatic rings. The number of rotatable bonds is 3. The second kappa shape index (κ2) is 5.89. The number of methoxy groups -OCH3 is 2. The Morgan fingerprint density at radius 1 is 0.957 bits per heavy atom. The van der Waals surface area contributed by atoms with Crippen molar-refractivity contribution >= 4 is 0 Å². The summed E-state index contributed by atoms with van der Waals surface area (Å²) in [5.41, 5.74) is 4.29. The highest BCUT2D eigenvalue weighted by atomic mass is 16.5. The highest BCUT2D eigenvalue weighted by Gasteiger charge is 2.36. The molecule has 23 heavy (non-hydrogen) atoms. The van der Waals surface area contributed by atoms with E-state index in [4.69, 9.17) is 9.47 Å². The Labute approximate surface area is 137 Å². The third-order valence-corrected chi connectivity index (χ3v) is 5.32. The van der Waals surface area contributed by atoms with Crippen LogP contribution in [0.2, 0.25) is 0 Å². The van der Waals surface area contributed by atoms with E-state index in [1.54, 1.807) is 14.2 Å². The van der Waals surface area contributed by atoms with Crippen LogP contribution in [0.3, 0.4) is 0 Å². The molecule has 120 valence electrons. The van der Waals surface area contributed by atoms with Gasteiger partial charge in [-0.25, -0.2) is 0 Å². The monoisotopic (exact) mass is 309 g/mol. The Hall–Kier alpha value is -2.00. The summed E-state index contributed by atoms with van der Waals surface area (Å²) in [6.07, 6.45) is 2.59. The van der Waals surface area contributed by atoms with E-state index in [1.807, 2.05) is 6.07 Å². The lowest BCUT2D eigenvalue weighted by atomic mass is 9.81. The van der Waals surface area contributed by atoms with Crippen LogP contribution in [-0.4, -0.2) is 32.2 Å². The largest absolute Gasteiger partial charge is 0.493 e. The molecule has 0 saturated carbocycles. The second-order valence-corrected chi connectivity index (χ2v) is 6.45. The summed E-state index contributed by atoms with van der Waals surface area (Å²) >= 11 is 0. The predicted octanol–water partition coefficient (Wildman–Crippen LogP) is 3.99. The fourth-order valence-corrected chi connectivity index (χ4v) is 4.22. The molecule has 0 N–H and O–H groups in total. The molecule has 0 radical (unpaired) electrons. The number of fused-ring (bicyclic) bond motifs is 3. The van der Waals surface area contributed by atoms with Crippen molar-refractivity contribution in [3.63, 3.8) is 0 Å². The van der Waals surface area contributed by atoms with Gasteiger partial charge in [-0.1, -0.05) is 30.3 Å². The first-order valence-corrected chi connectivity index (χ1v) is 8.36. The van der Waals surface area contributed by atoms with Gasteiger partial charge in [-0.2, -0.15) is 0 Å². The van der Waals surface area contributed by atoms with Crippen LogP contribution in [-0.2, 0) is 0 Å². The standard InChI is InChI=1S/C20H23NO2/c1-22-19-10-9-14(12-20(19)23-2)17-13-21-11-5-8-18(21)16-7-4-3-6-15(16)17/h3-4,6-7,9-10,12,17-18H,5,8,11,13H2,1-2H3/t17?,18-/m0/s1. The lowest BCUT2D eigenvalue weighted by molar-refractivity contribution is 0.230. The van der Waals surface area contributed by atoms with Crippen LogP contribution < -0.4 is 9.47 Å². The third-order valence-electron chi connectivity index (χ3n) is 5.32. The number of nitrogens with zero attached hydrogens (tertiary/aromatic N) is 1.